The minimum absolute atomic E-state index is 0.0251. The standard InChI is InChI=1S/C21H25N3O2S/c1-4-24-17-14-15(20(25)22-12-7-13-23(2)3)10-11-19(17)27-18-9-6-5-8-16(18)21(24)26/h5-6,8-11,14H,4,7,12-13H2,1-3H3,(H,22,25). The van der Waals surface area contributed by atoms with Gasteiger partial charge in [0.15, 0.2) is 0 Å². The fraction of sp³-hybridized carbons (Fsp3) is 0.333. The maximum atomic E-state index is 13.0. The zero-order valence-electron chi connectivity index (χ0n) is 16.0. The van der Waals surface area contributed by atoms with Gasteiger partial charge in [-0.2, -0.15) is 0 Å². The number of carbonyl (C=O) groups is 2. The lowest BCUT2D eigenvalue weighted by Gasteiger charge is -2.21. The SMILES string of the molecule is CCN1C(=O)c2ccccc2Sc2ccc(C(=O)NCCCN(C)C)cc21. The monoisotopic (exact) mass is 383 g/mol. The maximum Gasteiger partial charge on any atom is 0.259 e. The largest absolute Gasteiger partial charge is 0.352 e. The van der Waals surface area contributed by atoms with E-state index in [0.29, 0.717) is 24.2 Å². The van der Waals surface area contributed by atoms with E-state index in [0.717, 1.165) is 28.4 Å². The van der Waals surface area contributed by atoms with Crippen LogP contribution in [0.1, 0.15) is 34.1 Å². The average molecular weight is 384 g/mol. The van der Waals surface area contributed by atoms with Gasteiger partial charge in [-0.25, -0.2) is 0 Å². The minimum Gasteiger partial charge on any atom is -0.352 e. The van der Waals surface area contributed by atoms with Crippen LogP contribution in [0.25, 0.3) is 0 Å². The molecule has 1 aliphatic heterocycles. The molecule has 0 radical (unpaired) electrons. The van der Waals surface area contributed by atoms with Crippen molar-refractivity contribution in [1.29, 1.82) is 0 Å². The Labute approximate surface area is 164 Å². The zero-order valence-corrected chi connectivity index (χ0v) is 16.8. The molecule has 2 aromatic carbocycles. The van der Waals surface area contributed by atoms with Crippen molar-refractivity contribution in [2.24, 2.45) is 0 Å². The van der Waals surface area contributed by atoms with Gasteiger partial charge in [0.05, 0.1) is 11.3 Å². The van der Waals surface area contributed by atoms with Crippen molar-refractivity contribution in [3.63, 3.8) is 0 Å². The summed E-state index contributed by atoms with van der Waals surface area (Å²) in [6, 6.07) is 13.2. The van der Waals surface area contributed by atoms with Gasteiger partial charge in [0.25, 0.3) is 11.8 Å². The molecular formula is C21H25N3O2S. The van der Waals surface area contributed by atoms with Gasteiger partial charge in [0.2, 0.25) is 0 Å². The van der Waals surface area contributed by atoms with Crippen LogP contribution in [0.5, 0.6) is 0 Å². The smallest absolute Gasteiger partial charge is 0.259 e. The van der Waals surface area contributed by atoms with Gasteiger partial charge in [-0.1, -0.05) is 23.9 Å². The Balaban J connectivity index is 1.84. The number of nitrogens with one attached hydrogen (secondary N) is 1. The first-order valence-corrected chi connectivity index (χ1v) is 9.98. The Morgan fingerprint density at radius 2 is 1.93 bits per heavy atom. The topological polar surface area (TPSA) is 52.7 Å². The van der Waals surface area contributed by atoms with Crippen molar-refractivity contribution >= 4 is 29.3 Å². The van der Waals surface area contributed by atoms with Gasteiger partial charge in [-0.15, -0.1) is 0 Å². The number of anilines is 1. The number of nitrogens with zero attached hydrogens (tertiary/aromatic N) is 2. The predicted octanol–water partition coefficient (Wildman–Crippen LogP) is 3.50. The van der Waals surface area contributed by atoms with Crippen molar-refractivity contribution in [3.8, 4) is 0 Å². The second-order valence-corrected chi connectivity index (χ2v) is 7.83. The summed E-state index contributed by atoms with van der Waals surface area (Å²) >= 11 is 1.57. The van der Waals surface area contributed by atoms with E-state index in [1.807, 2.05) is 63.5 Å². The molecule has 0 spiro atoms. The highest BCUT2D eigenvalue weighted by Crippen LogP contribution is 2.41. The van der Waals surface area contributed by atoms with Crippen LogP contribution in [0.4, 0.5) is 5.69 Å². The molecule has 0 atom stereocenters. The molecule has 0 saturated heterocycles. The molecule has 1 heterocycles. The van der Waals surface area contributed by atoms with E-state index in [-0.39, 0.29) is 11.8 Å². The molecule has 27 heavy (non-hydrogen) atoms. The molecule has 0 bridgehead atoms. The number of benzene rings is 2. The van der Waals surface area contributed by atoms with Gasteiger partial charge < -0.3 is 15.1 Å². The van der Waals surface area contributed by atoms with Gasteiger partial charge >= 0.3 is 0 Å². The molecule has 142 valence electrons. The average Bonchev–Trinajstić information content (AvgIpc) is 2.78. The highest BCUT2D eigenvalue weighted by molar-refractivity contribution is 7.99. The Morgan fingerprint density at radius 3 is 2.67 bits per heavy atom. The minimum atomic E-state index is -0.105. The molecule has 1 aliphatic rings. The summed E-state index contributed by atoms with van der Waals surface area (Å²) < 4.78 is 0. The molecule has 2 amide bonds. The highest BCUT2D eigenvalue weighted by Gasteiger charge is 2.26. The molecular weight excluding hydrogens is 358 g/mol. The summed E-state index contributed by atoms with van der Waals surface area (Å²) in [6.07, 6.45) is 0.897. The van der Waals surface area contributed by atoms with E-state index in [1.165, 1.54) is 0 Å². The lowest BCUT2D eigenvalue weighted by Crippen LogP contribution is -2.31. The number of hydrogen-bond donors (Lipinski definition) is 1. The van der Waals surface area contributed by atoms with E-state index < -0.39 is 0 Å². The summed E-state index contributed by atoms with van der Waals surface area (Å²) in [5.74, 6) is -0.130. The summed E-state index contributed by atoms with van der Waals surface area (Å²) in [6.45, 7) is 4.06. The second-order valence-electron chi connectivity index (χ2n) is 6.74. The third-order valence-corrected chi connectivity index (χ3v) is 5.62. The van der Waals surface area contributed by atoms with Crippen molar-refractivity contribution in [2.75, 3.05) is 38.6 Å². The Hall–Kier alpha value is -2.31. The van der Waals surface area contributed by atoms with E-state index in [4.69, 9.17) is 0 Å². The number of rotatable bonds is 6. The Morgan fingerprint density at radius 1 is 1.15 bits per heavy atom. The molecule has 0 fully saturated rings. The van der Waals surface area contributed by atoms with E-state index >= 15 is 0 Å². The molecule has 6 heteroatoms. The third-order valence-electron chi connectivity index (χ3n) is 4.48. The number of hydrogen-bond acceptors (Lipinski definition) is 4. The quantitative estimate of drug-likeness (QED) is 0.776. The number of amides is 2. The predicted molar refractivity (Wildman–Crippen MR) is 110 cm³/mol. The van der Waals surface area contributed by atoms with Crippen molar-refractivity contribution in [2.45, 2.75) is 23.1 Å². The number of carbonyl (C=O) groups excluding carboxylic acids is 2. The Bertz CT molecular complexity index is 851. The first kappa shape index (κ1) is 19.5. The lowest BCUT2D eigenvalue weighted by atomic mass is 10.1. The molecule has 2 aromatic rings. The zero-order chi connectivity index (χ0) is 19.4. The maximum absolute atomic E-state index is 13.0. The van der Waals surface area contributed by atoms with Crippen LogP contribution in [-0.4, -0.2) is 50.4 Å². The van der Waals surface area contributed by atoms with Crippen LogP contribution in [0.15, 0.2) is 52.3 Å². The van der Waals surface area contributed by atoms with Crippen molar-refractivity contribution in [3.05, 3.63) is 53.6 Å². The molecule has 0 unspecified atom stereocenters. The van der Waals surface area contributed by atoms with E-state index in [2.05, 4.69) is 10.2 Å². The molecule has 3 rings (SSSR count). The lowest BCUT2D eigenvalue weighted by molar-refractivity contribution is 0.0949. The third kappa shape index (κ3) is 4.34. The summed E-state index contributed by atoms with van der Waals surface area (Å²) in [4.78, 5) is 31.3. The van der Waals surface area contributed by atoms with E-state index in [9.17, 15) is 9.59 Å². The number of fused-ring (bicyclic) bond motifs is 2. The van der Waals surface area contributed by atoms with Crippen LogP contribution < -0.4 is 10.2 Å². The first-order valence-electron chi connectivity index (χ1n) is 9.17. The second kappa shape index (κ2) is 8.59. The van der Waals surface area contributed by atoms with Gasteiger partial charge in [0, 0.05) is 28.4 Å². The summed E-state index contributed by atoms with van der Waals surface area (Å²) in [7, 11) is 4.03. The van der Waals surface area contributed by atoms with Crippen LogP contribution in [-0.2, 0) is 0 Å². The van der Waals surface area contributed by atoms with Crippen LogP contribution >= 0.6 is 11.8 Å². The molecule has 1 N–H and O–H groups in total. The van der Waals surface area contributed by atoms with Crippen molar-refractivity contribution < 1.29 is 9.59 Å². The molecule has 0 saturated carbocycles. The van der Waals surface area contributed by atoms with Gasteiger partial charge in [-0.05, 0) is 64.3 Å². The van der Waals surface area contributed by atoms with Crippen LogP contribution in [0, 0.1) is 0 Å². The normalized spacial score (nSPS) is 13.2. The fourth-order valence-corrected chi connectivity index (χ4v) is 4.13. The van der Waals surface area contributed by atoms with Gasteiger partial charge in [-0.3, -0.25) is 9.59 Å². The summed E-state index contributed by atoms with van der Waals surface area (Å²) in [5, 5.41) is 2.96. The van der Waals surface area contributed by atoms with Crippen molar-refractivity contribution in [1.82, 2.24) is 10.2 Å². The fourth-order valence-electron chi connectivity index (χ4n) is 3.07. The van der Waals surface area contributed by atoms with E-state index in [1.54, 1.807) is 16.7 Å². The summed E-state index contributed by atoms with van der Waals surface area (Å²) in [5.41, 5.74) is 2.08. The first-order chi connectivity index (χ1) is 13.0. The van der Waals surface area contributed by atoms with Crippen LogP contribution in [0.3, 0.4) is 0 Å². The highest BCUT2D eigenvalue weighted by atomic mass is 32.2. The Kier molecular flexibility index (Phi) is 6.19. The van der Waals surface area contributed by atoms with Crippen LogP contribution in [0.2, 0.25) is 0 Å². The molecule has 0 aromatic heterocycles. The molecule has 0 aliphatic carbocycles. The van der Waals surface area contributed by atoms with Gasteiger partial charge in [0.1, 0.15) is 0 Å². The molecule has 5 nitrogen and oxygen atoms in total.